The number of nitrogens with zero attached hydrogens (tertiary/aromatic N) is 1. The van der Waals surface area contributed by atoms with E-state index in [9.17, 15) is 4.39 Å². The number of furan rings is 1. The van der Waals surface area contributed by atoms with E-state index in [4.69, 9.17) is 9.15 Å². The molecule has 2 aromatic rings. The summed E-state index contributed by atoms with van der Waals surface area (Å²) in [6.07, 6.45) is 4.99. The first-order valence-corrected chi connectivity index (χ1v) is 9.17. The van der Waals surface area contributed by atoms with E-state index in [1.165, 1.54) is 5.56 Å². The van der Waals surface area contributed by atoms with E-state index in [1.54, 1.807) is 12.3 Å². The monoisotopic (exact) mass is 344 g/mol. The van der Waals surface area contributed by atoms with Crippen LogP contribution in [0.4, 0.5) is 10.1 Å². The van der Waals surface area contributed by atoms with Gasteiger partial charge in [0.15, 0.2) is 0 Å². The Morgan fingerprint density at radius 2 is 2.08 bits per heavy atom. The number of halogens is 1. The molecule has 0 radical (unpaired) electrons. The molecular formula is C20H25FN2O2. The average Bonchev–Trinajstić information content (AvgIpc) is 3.12. The number of hydrogen-bond acceptors (Lipinski definition) is 4. The highest BCUT2D eigenvalue weighted by atomic mass is 19.1. The van der Waals surface area contributed by atoms with E-state index >= 15 is 0 Å². The summed E-state index contributed by atoms with van der Waals surface area (Å²) in [6, 6.07) is 8.02. The quantitative estimate of drug-likeness (QED) is 0.910. The summed E-state index contributed by atoms with van der Waals surface area (Å²) in [5, 5.41) is 3.64. The minimum atomic E-state index is -0.152. The van der Waals surface area contributed by atoms with E-state index in [1.807, 2.05) is 12.1 Å². The Kier molecular flexibility index (Phi) is 4.77. The Labute approximate surface area is 148 Å². The van der Waals surface area contributed by atoms with Gasteiger partial charge in [0.2, 0.25) is 0 Å². The Morgan fingerprint density at radius 3 is 2.88 bits per heavy atom. The maximum Gasteiger partial charge on any atom is 0.146 e. The highest BCUT2D eigenvalue weighted by Gasteiger charge is 2.24. The van der Waals surface area contributed by atoms with E-state index < -0.39 is 0 Å². The van der Waals surface area contributed by atoms with Gasteiger partial charge in [-0.05, 0) is 43.5 Å². The molecule has 2 aliphatic rings. The average molecular weight is 344 g/mol. The topological polar surface area (TPSA) is 37.6 Å². The van der Waals surface area contributed by atoms with Gasteiger partial charge in [-0.3, -0.25) is 0 Å². The number of nitrogens with one attached hydrogen (secondary N) is 1. The first-order chi connectivity index (χ1) is 12.2. The third kappa shape index (κ3) is 3.44. The van der Waals surface area contributed by atoms with Gasteiger partial charge in [-0.25, -0.2) is 4.39 Å². The fourth-order valence-electron chi connectivity index (χ4n) is 3.91. The van der Waals surface area contributed by atoms with Crippen molar-refractivity contribution in [1.29, 1.82) is 0 Å². The van der Waals surface area contributed by atoms with E-state index in [0.29, 0.717) is 18.9 Å². The molecule has 0 saturated carbocycles. The molecular weight excluding hydrogens is 319 g/mol. The standard InChI is InChI=1S/C20H25FN2O2/c1-14(22-18-3-2-4-20-16(18)7-10-25-20)15-5-6-19(17(21)13-15)23-8-11-24-12-9-23/h5-7,10,13-14,18,22H,2-4,8-9,11-12H2,1H3. The number of ether oxygens (including phenoxy) is 1. The van der Waals surface area contributed by atoms with Gasteiger partial charge in [-0.1, -0.05) is 6.07 Å². The number of fused-ring (bicyclic) bond motifs is 1. The first-order valence-electron chi connectivity index (χ1n) is 9.17. The second-order valence-electron chi connectivity index (χ2n) is 6.94. The fourth-order valence-corrected chi connectivity index (χ4v) is 3.91. The minimum absolute atomic E-state index is 0.0825. The highest BCUT2D eigenvalue weighted by Crippen LogP contribution is 2.33. The predicted molar refractivity (Wildman–Crippen MR) is 95.4 cm³/mol. The van der Waals surface area contributed by atoms with Crippen LogP contribution in [-0.2, 0) is 11.2 Å². The molecule has 5 heteroatoms. The largest absolute Gasteiger partial charge is 0.469 e. The van der Waals surface area contributed by atoms with Crippen LogP contribution in [0.2, 0.25) is 0 Å². The van der Waals surface area contributed by atoms with Crippen molar-refractivity contribution in [1.82, 2.24) is 5.32 Å². The molecule has 1 aromatic heterocycles. The van der Waals surface area contributed by atoms with Crippen molar-refractivity contribution in [3.63, 3.8) is 0 Å². The van der Waals surface area contributed by atoms with Crippen LogP contribution in [0, 0.1) is 5.82 Å². The molecule has 1 aliphatic carbocycles. The molecule has 4 rings (SSSR count). The third-order valence-corrected chi connectivity index (χ3v) is 5.33. The maximum atomic E-state index is 14.6. The summed E-state index contributed by atoms with van der Waals surface area (Å²) >= 11 is 0. The molecule has 25 heavy (non-hydrogen) atoms. The number of benzene rings is 1. The molecule has 1 saturated heterocycles. The molecule has 134 valence electrons. The van der Waals surface area contributed by atoms with Gasteiger partial charge in [0.05, 0.1) is 25.2 Å². The van der Waals surface area contributed by atoms with Crippen LogP contribution in [0.15, 0.2) is 34.9 Å². The van der Waals surface area contributed by atoms with Crippen LogP contribution in [0.5, 0.6) is 0 Å². The zero-order valence-electron chi connectivity index (χ0n) is 14.6. The zero-order chi connectivity index (χ0) is 17.2. The summed E-state index contributed by atoms with van der Waals surface area (Å²) in [5.41, 5.74) is 2.91. The van der Waals surface area contributed by atoms with Crippen molar-refractivity contribution in [2.45, 2.75) is 38.3 Å². The third-order valence-electron chi connectivity index (χ3n) is 5.33. The van der Waals surface area contributed by atoms with E-state index in [0.717, 1.165) is 43.7 Å². The van der Waals surface area contributed by atoms with Crippen LogP contribution < -0.4 is 10.2 Å². The van der Waals surface area contributed by atoms with Crippen LogP contribution in [0.1, 0.15) is 48.7 Å². The van der Waals surface area contributed by atoms with E-state index in [-0.39, 0.29) is 17.9 Å². The number of anilines is 1. The Balaban J connectivity index is 1.47. The molecule has 1 N–H and O–H groups in total. The predicted octanol–water partition coefficient (Wildman–Crippen LogP) is 3.98. The Bertz CT molecular complexity index is 724. The first kappa shape index (κ1) is 16.6. The van der Waals surface area contributed by atoms with Gasteiger partial charge >= 0.3 is 0 Å². The second kappa shape index (κ2) is 7.18. The van der Waals surface area contributed by atoms with Gasteiger partial charge in [0, 0.05) is 37.2 Å². The van der Waals surface area contributed by atoms with Crippen molar-refractivity contribution in [2.75, 3.05) is 31.2 Å². The molecule has 1 fully saturated rings. The second-order valence-corrected chi connectivity index (χ2v) is 6.94. The van der Waals surface area contributed by atoms with Crippen molar-refractivity contribution >= 4 is 5.69 Å². The SMILES string of the molecule is CC(NC1CCCc2occc21)c1ccc(N2CCOCC2)c(F)c1. The molecule has 0 spiro atoms. The zero-order valence-corrected chi connectivity index (χ0v) is 14.6. The van der Waals surface area contributed by atoms with Gasteiger partial charge in [0.1, 0.15) is 11.6 Å². The molecule has 4 nitrogen and oxygen atoms in total. The highest BCUT2D eigenvalue weighted by molar-refractivity contribution is 5.50. The molecule has 1 aliphatic heterocycles. The summed E-state index contributed by atoms with van der Waals surface area (Å²) in [4.78, 5) is 2.06. The number of aryl methyl sites for hydroxylation is 1. The number of rotatable bonds is 4. The Morgan fingerprint density at radius 1 is 1.24 bits per heavy atom. The minimum Gasteiger partial charge on any atom is -0.469 e. The molecule has 2 atom stereocenters. The summed E-state index contributed by atoms with van der Waals surface area (Å²) in [6.45, 7) is 4.91. The summed E-state index contributed by atoms with van der Waals surface area (Å²) in [7, 11) is 0. The lowest BCUT2D eigenvalue weighted by molar-refractivity contribution is 0.122. The van der Waals surface area contributed by atoms with E-state index in [2.05, 4.69) is 23.2 Å². The van der Waals surface area contributed by atoms with Gasteiger partial charge in [-0.2, -0.15) is 0 Å². The van der Waals surface area contributed by atoms with Crippen molar-refractivity contribution < 1.29 is 13.5 Å². The van der Waals surface area contributed by atoms with Crippen molar-refractivity contribution in [3.8, 4) is 0 Å². The Hall–Kier alpha value is -1.85. The molecule has 0 bridgehead atoms. The van der Waals surface area contributed by atoms with Crippen molar-refractivity contribution in [3.05, 3.63) is 53.2 Å². The normalized spacial score (nSPS) is 21.8. The van der Waals surface area contributed by atoms with Crippen LogP contribution in [-0.4, -0.2) is 26.3 Å². The molecule has 1 aromatic carbocycles. The lowest BCUT2D eigenvalue weighted by Gasteiger charge is -2.30. The maximum absolute atomic E-state index is 14.6. The van der Waals surface area contributed by atoms with Gasteiger partial charge < -0.3 is 19.4 Å². The molecule has 0 amide bonds. The number of morpholine rings is 1. The lowest BCUT2D eigenvalue weighted by atomic mass is 9.92. The van der Waals surface area contributed by atoms with Crippen molar-refractivity contribution in [2.24, 2.45) is 0 Å². The van der Waals surface area contributed by atoms with Gasteiger partial charge in [-0.15, -0.1) is 0 Å². The van der Waals surface area contributed by atoms with Crippen LogP contribution in [0.25, 0.3) is 0 Å². The van der Waals surface area contributed by atoms with Crippen LogP contribution in [0.3, 0.4) is 0 Å². The summed E-state index contributed by atoms with van der Waals surface area (Å²) in [5.74, 6) is 0.936. The molecule has 2 heterocycles. The van der Waals surface area contributed by atoms with Gasteiger partial charge in [0.25, 0.3) is 0 Å². The smallest absolute Gasteiger partial charge is 0.146 e. The van der Waals surface area contributed by atoms with Crippen LogP contribution >= 0.6 is 0 Å². The summed E-state index contributed by atoms with van der Waals surface area (Å²) < 4.78 is 25.5. The fraction of sp³-hybridized carbons (Fsp3) is 0.500. The lowest BCUT2D eigenvalue weighted by Crippen LogP contribution is -2.36. The number of hydrogen-bond donors (Lipinski definition) is 1. The molecule has 2 unspecified atom stereocenters.